The first-order valence-corrected chi connectivity index (χ1v) is 12.7. The van der Waals surface area contributed by atoms with Crippen LogP contribution in [0, 0.1) is 0 Å². The lowest BCUT2D eigenvalue weighted by Gasteiger charge is -2.29. The molecule has 5 rings (SSSR count). The fourth-order valence-corrected chi connectivity index (χ4v) is 4.74. The van der Waals surface area contributed by atoms with Gasteiger partial charge in [0.15, 0.2) is 0 Å². The molecule has 37 heavy (non-hydrogen) atoms. The maximum absolute atomic E-state index is 12.8. The molecule has 0 saturated carbocycles. The van der Waals surface area contributed by atoms with E-state index in [-0.39, 0.29) is 17.9 Å². The van der Waals surface area contributed by atoms with Gasteiger partial charge in [0.25, 0.3) is 5.91 Å². The highest BCUT2D eigenvalue weighted by Gasteiger charge is 2.22. The Morgan fingerprint density at radius 1 is 1.08 bits per heavy atom. The van der Waals surface area contributed by atoms with Gasteiger partial charge in [-0.05, 0) is 66.8 Å². The Balaban J connectivity index is 1.33. The molecule has 1 aliphatic rings. The molecule has 4 aromatic rings. The molecule has 0 spiro atoms. The predicted molar refractivity (Wildman–Crippen MR) is 144 cm³/mol. The minimum absolute atomic E-state index is 0.0448. The van der Waals surface area contributed by atoms with Gasteiger partial charge in [0.1, 0.15) is 10.4 Å². The number of aliphatic hydroxyl groups is 1. The number of anilines is 3. The van der Waals surface area contributed by atoms with E-state index in [9.17, 15) is 14.7 Å². The number of likely N-dealkylation sites (tertiary alicyclic amines) is 1. The van der Waals surface area contributed by atoms with Crippen LogP contribution in [-0.4, -0.2) is 51.0 Å². The van der Waals surface area contributed by atoms with Gasteiger partial charge in [-0.15, -0.1) is 11.3 Å². The van der Waals surface area contributed by atoms with Crippen molar-refractivity contribution in [3.05, 3.63) is 78.2 Å². The predicted octanol–water partition coefficient (Wildman–Crippen LogP) is 4.95. The Bertz CT molecular complexity index is 1440. The van der Waals surface area contributed by atoms with Crippen molar-refractivity contribution in [1.82, 2.24) is 14.9 Å². The summed E-state index contributed by atoms with van der Waals surface area (Å²) in [4.78, 5) is 35.3. The summed E-state index contributed by atoms with van der Waals surface area (Å²) in [6.45, 7) is 4.58. The Kier molecular flexibility index (Phi) is 7.11. The highest BCUT2D eigenvalue weighted by molar-refractivity contribution is 7.17. The van der Waals surface area contributed by atoms with Gasteiger partial charge in [-0.2, -0.15) is 4.98 Å². The van der Waals surface area contributed by atoms with Crippen molar-refractivity contribution >= 4 is 50.7 Å². The van der Waals surface area contributed by atoms with E-state index in [1.54, 1.807) is 53.4 Å². The number of hydrogen-bond donors (Lipinski definition) is 3. The summed E-state index contributed by atoms with van der Waals surface area (Å²) < 4.78 is 6.87. The number of rotatable bonds is 7. The topological polar surface area (TPSA) is 117 Å². The van der Waals surface area contributed by atoms with Crippen molar-refractivity contribution in [1.29, 1.82) is 0 Å². The lowest BCUT2D eigenvalue weighted by molar-refractivity contribution is -0.111. The highest BCUT2D eigenvalue weighted by Crippen LogP contribution is 2.33. The molecular weight excluding hydrogens is 490 g/mol. The molecule has 1 fully saturated rings. The normalized spacial score (nSPS) is 13.8. The molecule has 188 valence electrons. The third kappa shape index (κ3) is 5.76. The first-order chi connectivity index (χ1) is 18.0. The second-order valence-electron chi connectivity index (χ2n) is 8.54. The number of nitrogens with one attached hydrogen (secondary N) is 2. The van der Waals surface area contributed by atoms with Gasteiger partial charge in [-0.3, -0.25) is 9.59 Å². The van der Waals surface area contributed by atoms with E-state index in [1.807, 2.05) is 11.4 Å². The number of carbonyl (C=O) groups is 2. The molecule has 3 N–H and O–H groups in total. The van der Waals surface area contributed by atoms with Crippen molar-refractivity contribution in [2.45, 2.75) is 18.9 Å². The molecular formula is C27H25N5O4S. The Morgan fingerprint density at radius 2 is 1.86 bits per heavy atom. The number of hydrogen-bond acceptors (Lipinski definition) is 8. The summed E-state index contributed by atoms with van der Waals surface area (Å²) in [7, 11) is 0. The van der Waals surface area contributed by atoms with Crippen molar-refractivity contribution in [3.63, 3.8) is 0 Å². The fourth-order valence-electron chi connectivity index (χ4n) is 3.98. The van der Waals surface area contributed by atoms with E-state index < -0.39 is 0 Å². The summed E-state index contributed by atoms with van der Waals surface area (Å²) in [6.07, 6.45) is 2.08. The Labute approximate surface area is 217 Å². The number of benzene rings is 2. The zero-order chi connectivity index (χ0) is 25.8. The molecule has 9 nitrogen and oxygen atoms in total. The monoisotopic (exact) mass is 515 g/mol. The van der Waals surface area contributed by atoms with E-state index in [0.717, 1.165) is 15.9 Å². The standard InChI is InChI=1S/C27H25N5O4S/c1-2-23(34)28-19-4-3-5-21(16-19)36-25-24-22(12-15-37-24)30-27(31-25)29-18-8-6-17(7-9-18)26(35)32-13-10-20(33)11-14-32/h2-9,12,15-16,20,33H,1,10-11,13-14H2,(H,28,34)(H,29,30,31). The molecule has 10 heteroatoms. The third-order valence-corrected chi connectivity index (χ3v) is 6.81. The van der Waals surface area contributed by atoms with E-state index in [4.69, 9.17) is 4.74 Å². The Hall–Kier alpha value is -4.28. The number of amides is 2. The lowest BCUT2D eigenvalue weighted by atomic mass is 10.1. The smallest absolute Gasteiger partial charge is 0.253 e. The second-order valence-corrected chi connectivity index (χ2v) is 9.45. The van der Waals surface area contributed by atoms with Crippen LogP contribution in [0.1, 0.15) is 23.2 Å². The maximum atomic E-state index is 12.8. The fraction of sp³-hybridized carbons (Fsp3) is 0.185. The average molecular weight is 516 g/mol. The number of carbonyl (C=O) groups excluding carboxylic acids is 2. The van der Waals surface area contributed by atoms with Gasteiger partial charge in [0.05, 0.1) is 11.6 Å². The first kappa shape index (κ1) is 24.4. The van der Waals surface area contributed by atoms with Gasteiger partial charge >= 0.3 is 0 Å². The van der Waals surface area contributed by atoms with Gasteiger partial charge in [0.2, 0.25) is 17.7 Å². The molecule has 3 heterocycles. The summed E-state index contributed by atoms with van der Waals surface area (Å²) in [6, 6.07) is 16.0. The van der Waals surface area contributed by atoms with Crippen LogP contribution in [0.3, 0.4) is 0 Å². The summed E-state index contributed by atoms with van der Waals surface area (Å²) >= 11 is 1.47. The van der Waals surface area contributed by atoms with Gasteiger partial charge in [-0.25, -0.2) is 4.98 Å². The zero-order valence-electron chi connectivity index (χ0n) is 19.9. The minimum atomic E-state index is -0.327. The average Bonchev–Trinajstić information content (AvgIpc) is 3.38. The van der Waals surface area contributed by atoms with E-state index >= 15 is 0 Å². The molecule has 2 aromatic carbocycles. The SMILES string of the molecule is C=CC(=O)Nc1cccc(Oc2nc(Nc3ccc(C(=O)N4CCC(O)CC4)cc3)nc3ccsc23)c1. The number of aromatic nitrogens is 2. The first-order valence-electron chi connectivity index (χ1n) is 11.8. The zero-order valence-corrected chi connectivity index (χ0v) is 20.7. The maximum Gasteiger partial charge on any atom is 0.253 e. The van der Waals surface area contributed by atoms with E-state index in [0.29, 0.717) is 54.8 Å². The van der Waals surface area contributed by atoms with E-state index in [1.165, 1.54) is 17.4 Å². The molecule has 0 bridgehead atoms. The van der Waals surface area contributed by atoms with Crippen molar-refractivity contribution < 1.29 is 19.4 Å². The number of ether oxygens (including phenoxy) is 1. The molecule has 0 radical (unpaired) electrons. The molecule has 0 atom stereocenters. The molecule has 2 aromatic heterocycles. The third-order valence-electron chi connectivity index (χ3n) is 5.91. The quantitative estimate of drug-likeness (QED) is 0.298. The minimum Gasteiger partial charge on any atom is -0.437 e. The summed E-state index contributed by atoms with van der Waals surface area (Å²) in [5, 5.41) is 17.5. The van der Waals surface area contributed by atoms with Crippen LogP contribution in [0.15, 0.2) is 72.6 Å². The van der Waals surface area contributed by atoms with E-state index in [2.05, 4.69) is 27.2 Å². The molecule has 0 aliphatic carbocycles. The van der Waals surface area contributed by atoms with Crippen LogP contribution < -0.4 is 15.4 Å². The summed E-state index contributed by atoms with van der Waals surface area (Å²) in [5.74, 6) is 0.884. The van der Waals surface area contributed by atoms with Gasteiger partial charge in [0, 0.05) is 36.1 Å². The van der Waals surface area contributed by atoms with Crippen LogP contribution in [-0.2, 0) is 4.79 Å². The van der Waals surface area contributed by atoms with Crippen LogP contribution in [0.5, 0.6) is 11.6 Å². The number of piperidine rings is 1. The number of thiophene rings is 1. The van der Waals surface area contributed by atoms with Crippen LogP contribution >= 0.6 is 11.3 Å². The summed E-state index contributed by atoms with van der Waals surface area (Å²) in [5.41, 5.74) is 2.61. The molecule has 2 amide bonds. The Morgan fingerprint density at radius 3 is 2.62 bits per heavy atom. The van der Waals surface area contributed by atoms with Crippen LogP contribution in [0.2, 0.25) is 0 Å². The highest BCUT2D eigenvalue weighted by atomic mass is 32.1. The van der Waals surface area contributed by atoms with Crippen molar-refractivity contribution in [2.75, 3.05) is 23.7 Å². The molecule has 1 saturated heterocycles. The van der Waals surface area contributed by atoms with Gasteiger partial charge < -0.3 is 25.4 Å². The number of aliphatic hydroxyl groups excluding tert-OH is 1. The van der Waals surface area contributed by atoms with Gasteiger partial charge in [-0.1, -0.05) is 12.6 Å². The van der Waals surface area contributed by atoms with Crippen LogP contribution in [0.4, 0.5) is 17.3 Å². The van der Waals surface area contributed by atoms with Crippen molar-refractivity contribution in [2.24, 2.45) is 0 Å². The number of fused-ring (bicyclic) bond motifs is 1. The second kappa shape index (κ2) is 10.8. The van der Waals surface area contributed by atoms with Crippen molar-refractivity contribution in [3.8, 4) is 11.6 Å². The lowest BCUT2D eigenvalue weighted by Crippen LogP contribution is -2.40. The van der Waals surface area contributed by atoms with Crippen LogP contribution in [0.25, 0.3) is 10.2 Å². The largest absolute Gasteiger partial charge is 0.437 e. The number of nitrogens with zero attached hydrogens (tertiary/aromatic N) is 3. The molecule has 1 aliphatic heterocycles. The molecule has 0 unspecified atom stereocenters.